The molecule has 5 nitrogen and oxygen atoms in total. The number of benzene rings is 2. The predicted octanol–water partition coefficient (Wildman–Crippen LogP) is 2.75. The smallest absolute Gasteiger partial charge is 0.255 e. The lowest BCUT2D eigenvalue weighted by atomic mass is 9.98. The molecule has 2 aromatic carbocycles. The molecule has 3 unspecified atom stereocenters. The van der Waals surface area contributed by atoms with Gasteiger partial charge in [-0.2, -0.15) is 0 Å². The largest absolute Gasteiger partial charge is 0.338 e. The van der Waals surface area contributed by atoms with Gasteiger partial charge >= 0.3 is 0 Å². The SMILES string of the molecule is NC1CCC2CN(C(=O)c3ccccc3NC(=O)c3ccccc3)CC12. The van der Waals surface area contributed by atoms with Crippen LogP contribution in [-0.2, 0) is 0 Å². The zero-order valence-electron chi connectivity index (χ0n) is 14.6. The van der Waals surface area contributed by atoms with Crippen LogP contribution in [0.2, 0.25) is 0 Å². The maximum Gasteiger partial charge on any atom is 0.255 e. The van der Waals surface area contributed by atoms with Crippen molar-refractivity contribution in [1.82, 2.24) is 4.90 Å². The number of amides is 2. The number of para-hydroxylation sites is 1. The molecule has 2 amide bonds. The second kappa shape index (κ2) is 6.92. The number of likely N-dealkylation sites (tertiary alicyclic amines) is 1. The van der Waals surface area contributed by atoms with E-state index in [9.17, 15) is 9.59 Å². The third kappa shape index (κ3) is 3.10. The number of hydrogen-bond donors (Lipinski definition) is 2. The first-order valence-corrected chi connectivity index (χ1v) is 9.14. The fourth-order valence-corrected chi connectivity index (χ4v) is 4.21. The third-order valence-electron chi connectivity index (χ3n) is 5.64. The van der Waals surface area contributed by atoms with Gasteiger partial charge in [-0.25, -0.2) is 0 Å². The van der Waals surface area contributed by atoms with Crippen LogP contribution in [0.5, 0.6) is 0 Å². The van der Waals surface area contributed by atoms with Crippen molar-refractivity contribution in [2.24, 2.45) is 17.6 Å². The highest BCUT2D eigenvalue weighted by atomic mass is 16.2. The molecular formula is C21H23N3O2. The molecule has 2 aromatic rings. The van der Waals surface area contributed by atoms with Crippen molar-refractivity contribution in [2.45, 2.75) is 18.9 Å². The van der Waals surface area contributed by atoms with E-state index < -0.39 is 0 Å². The van der Waals surface area contributed by atoms with E-state index >= 15 is 0 Å². The Morgan fingerprint density at radius 1 is 0.962 bits per heavy atom. The predicted molar refractivity (Wildman–Crippen MR) is 101 cm³/mol. The van der Waals surface area contributed by atoms with Gasteiger partial charge in [-0.1, -0.05) is 30.3 Å². The quantitative estimate of drug-likeness (QED) is 0.895. The number of rotatable bonds is 3. The standard InChI is InChI=1S/C21H23N3O2/c22-18-11-10-15-12-24(13-17(15)18)21(26)16-8-4-5-9-19(16)23-20(25)14-6-2-1-3-7-14/h1-9,15,17-18H,10-13,22H2,(H,23,25). The fraction of sp³-hybridized carbons (Fsp3) is 0.333. The van der Waals surface area contributed by atoms with Gasteiger partial charge in [-0.15, -0.1) is 0 Å². The van der Waals surface area contributed by atoms with Crippen molar-refractivity contribution in [3.63, 3.8) is 0 Å². The average molecular weight is 349 g/mol. The Kier molecular flexibility index (Phi) is 4.47. The lowest BCUT2D eigenvalue weighted by Crippen LogP contribution is -2.34. The van der Waals surface area contributed by atoms with Gasteiger partial charge in [0.25, 0.3) is 11.8 Å². The maximum absolute atomic E-state index is 13.1. The van der Waals surface area contributed by atoms with Crippen LogP contribution < -0.4 is 11.1 Å². The van der Waals surface area contributed by atoms with Crippen LogP contribution in [0.3, 0.4) is 0 Å². The summed E-state index contributed by atoms with van der Waals surface area (Å²) >= 11 is 0. The Morgan fingerprint density at radius 3 is 2.46 bits per heavy atom. The maximum atomic E-state index is 13.1. The van der Waals surface area contributed by atoms with Crippen molar-refractivity contribution in [1.29, 1.82) is 0 Å². The second-order valence-electron chi connectivity index (χ2n) is 7.24. The van der Waals surface area contributed by atoms with Gasteiger partial charge in [-0.05, 0) is 48.9 Å². The highest BCUT2D eigenvalue weighted by Crippen LogP contribution is 2.38. The summed E-state index contributed by atoms with van der Waals surface area (Å²) in [5.41, 5.74) is 7.83. The molecule has 1 aliphatic carbocycles. The van der Waals surface area contributed by atoms with E-state index in [1.807, 2.05) is 35.2 Å². The molecule has 0 radical (unpaired) electrons. The first kappa shape index (κ1) is 16.8. The van der Waals surface area contributed by atoms with Crippen LogP contribution in [0.25, 0.3) is 0 Å². The van der Waals surface area contributed by atoms with Gasteiger partial charge in [0.1, 0.15) is 0 Å². The average Bonchev–Trinajstić information content (AvgIpc) is 3.24. The summed E-state index contributed by atoms with van der Waals surface area (Å²) in [7, 11) is 0. The molecule has 0 aromatic heterocycles. The monoisotopic (exact) mass is 349 g/mol. The van der Waals surface area contributed by atoms with Crippen molar-refractivity contribution in [2.75, 3.05) is 18.4 Å². The van der Waals surface area contributed by atoms with Gasteiger partial charge in [0.05, 0.1) is 11.3 Å². The molecule has 1 saturated carbocycles. The Labute approximate surface area is 153 Å². The molecule has 134 valence electrons. The lowest BCUT2D eigenvalue weighted by molar-refractivity contribution is 0.0780. The van der Waals surface area contributed by atoms with Gasteiger partial charge in [0.2, 0.25) is 0 Å². The first-order valence-electron chi connectivity index (χ1n) is 9.14. The highest BCUT2D eigenvalue weighted by Gasteiger charge is 2.42. The Balaban J connectivity index is 1.52. The van der Waals surface area contributed by atoms with Crippen molar-refractivity contribution >= 4 is 17.5 Å². The number of fused-ring (bicyclic) bond motifs is 1. The van der Waals surface area contributed by atoms with E-state index in [0.717, 1.165) is 19.4 Å². The number of nitrogens with zero attached hydrogens (tertiary/aromatic N) is 1. The second-order valence-corrected chi connectivity index (χ2v) is 7.24. The summed E-state index contributed by atoms with van der Waals surface area (Å²) in [6.07, 6.45) is 2.16. The van der Waals surface area contributed by atoms with Crippen molar-refractivity contribution in [3.05, 3.63) is 65.7 Å². The first-order chi connectivity index (χ1) is 12.6. The van der Waals surface area contributed by atoms with E-state index in [1.54, 1.807) is 24.3 Å². The lowest BCUT2D eigenvalue weighted by Gasteiger charge is -2.20. The molecule has 3 N–H and O–H groups in total. The van der Waals surface area contributed by atoms with Crippen molar-refractivity contribution in [3.8, 4) is 0 Å². The third-order valence-corrected chi connectivity index (χ3v) is 5.64. The summed E-state index contributed by atoms with van der Waals surface area (Å²) in [5, 5.41) is 2.88. The molecule has 1 saturated heterocycles. The molecule has 1 aliphatic heterocycles. The van der Waals surface area contributed by atoms with Crippen molar-refractivity contribution < 1.29 is 9.59 Å². The number of hydrogen-bond acceptors (Lipinski definition) is 3. The van der Waals surface area contributed by atoms with Crippen LogP contribution in [0.15, 0.2) is 54.6 Å². The summed E-state index contributed by atoms with van der Waals surface area (Å²) in [5.74, 6) is 0.673. The van der Waals surface area contributed by atoms with Gasteiger partial charge in [0, 0.05) is 24.7 Å². The van der Waals surface area contributed by atoms with E-state index in [0.29, 0.717) is 35.2 Å². The van der Waals surface area contributed by atoms with Crippen LogP contribution in [0.1, 0.15) is 33.6 Å². The Bertz CT molecular complexity index is 821. The molecule has 1 heterocycles. The van der Waals surface area contributed by atoms with E-state index in [-0.39, 0.29) is 17.9 Å². The molecule has 4 rings (SSSR count). The molecule has 26 heavy (non-hydrogen) atoms. The molecule has 0 spiro atoms. The molecule has 5 heteroatoms. The van der Waals surface area contributed by atoms with Crippen LogP contribution in [-0.4, -0.2) is 35.8 Å². The Hall–Kier alpha value is -2.66. The van der Waals surface area contributed by atoms with Gasteiger partial charge in [-0.3, -0.25) is 9.59 Å². The Morgan fingerprint density at radius 2 is 1.69 bits per heavy atom. The topological polar surface area (TPSA) is 75.4 Å². The van der Waals surface area contributed by atoms with Crippen LogP contribution in [0.4, 0.5) is 5.69 Å². The zero-order valence-corrected chi connectivity index (χ0v) is 14.6. The fourth-order valence-electron chi connectivity index (χ4n) is 4.21. The minimum atomic E-state index is -0.217. The highest BCUT2D eigenvalue weighted by molar-refractivity contribution is 6.09. The van der Waals surface area contributed by atoms with Crippen LogP contribution in [0, 0.1) is 11.8 Å². The molecule has 2 aliphatic rings. The number of anilines is 1. The minimum absolute atomic E-state index is 0.0319. The number of nitrogens with one attached hydrogen (secondary N) is 1. The van der Waals surface area contributed by atoms with E-state index in [2.05, 4.69) is 5.32 Å². The minimum Gasteiger partial charge on any atom is -0.338 e. The van der Waals surface area contributed by atoms with Gasteiger partial charge in [0.15, 0.2) is 0 Å². The number of carbonyl (C=O) groups excluding carboxylic acids is 2. The molecule has 3 atom stereocenters. The molecule has 0 bridgehead atoms. The summed E-state index contributed by atoms with van der Waals surface area (Å²) in [6, 6.07) is 16.4. The number of nitrogens with two attached hydrogens (primary N) is 1. The summed E-state index contributed by atoms with van der Waals surface area (Å²) in [4.78, 5) is 27.4. The molecule has 2 fully saturated rings. The summed E-state index contributed by atoms with van der Waals surface area (Å²) in [6.45, 7) is 1.48. The van der Waals surface area contributed by atoms with Gasteiger partial charge < -0.3 is 16.0 Å². The molecular weight excluding hydrogens is 326 g/mol. The van der Waals surface area contributed by atoms with E-state index in [4.69, 9.17) is 5.73 Å². The zero-order chi connectivity index (χ0) is 18.1. The number of carbonyl (C=O) groups is 2. The normalized spacial score (nSPS) is 24.3. The summed E-state index contributed by atoms with van der Waals surface area (Å²) < 4.78 is 0. The van der Waals surface area contributed by atoms with E-state index in [1.165, 1.54) is 0 Å². The van der Waals surface area contributed by atoms with Crippen LogP contribution >= 0.6 is 0 Å².